The third-order valence-electron chi connectivity index (χ3n) is 4.38. The predicted octanol–water partition coefficient (Wildman–Crippen LogP) is 3.17. The maximum atomic E-state index is 11.9. The van der Waals surface area contributed by atoms with Crippen molar-refractivity contribution in [3.05, 3.63) is 53.1 Å². The Bertz CT molecular complexity index is 771. The summed E-state index contributed by atoms with van der Waals surface area (Å²) in [6.07, 6.45) is 4.19. The highest BCUT2D eigenvalue weighted by molar-refractivity contribution is 6.30. The van der Waals surface area contributed by atoms with Gasteiger partial charge in [0.15, 0.2) is 0 Å². The van der Waals surface area contributed by atoms with E-state index in [0.717, 1.165) is 11.3 Å². The zero-order chi connectivity index (χ0) is 20.0. The van der Waals surface area contributed by atoms with Gasteiger partial charge in [0.05, 0.1) is 12.4 Å². The average Bonchev–Trinajstić information content (AvgIpc) is 3.01. The van der Waals surface area contributed by atoms with Gasteiger partial charge in [-0.05, 0) is 37.0 Å². The minimum absolute atomic E-state index is 0.0513. The molecule has 7 heteroatoms. The van der Waals surface area contributed by atoms with E-state index in [4.69, 9.17) is 11.6 Å². The monoisotopic (exact) mass is 391 g/mol. The second-order valence-electron chi connectivity index (χ2n) is 7.19. The Morgan fingerprint density at radius 2 is 1.89 bits per heavy atom. The number of benzene rings is 1. The Balaban J connectivity index is 2.12. The van der Waals surface area contributed by atoms with Crippen molar-refractivity contribution >= 4 is 23.4 Å². The molecule has 0 bridgehead atoms. The van der Waals surface area contributed by atoms with Crippen LogP contribution in [0.1, 0.15) is 38.4 Å². The van der Waals surface area contributed by atoms with Crippen molar-refractivity contribution < 1.29 is 14.7 Å². The molecule has 2 rings (SSSR count). The average molecular weight is 392 g/mol. The van der Waals surface area contributed by atoms with Crippen molar-refractivity contribution in [1.82, 2.24) is 14.9 Å². The van der Waals surface area contributed by atoms with Crippen LogP contribution in [0.3, 0.4) is 0 Å². The van der Waals surface area contributed by atoms with Crippen molar-refractivity contribution in [3.63, 3.8) is 0 Å². The maximum Gasteiger partial charge on any atom is 0.321 e. The number of hydrogen-bond acceptors (Lipinski definition) is 4. The van der Waals surface area contributed by atoms with E-state index < -0.39 is 18.1 Å². The van der Waals surface area contributed by atoms with Crippen LogP contribution < -0.4 is 5.32 Å². The van der Waals surface area contributed by atoms with E-state index in [2.05, 4.69) is 10.3 Å². The molecule has 1 aromatic carbocycles. The van der Waals surface area contributed by atoms with Gasteiger partial charge in [-0.3, -0.25) is 14.9 Å². The number of halogens is 1. The first-order valence-electron chi connectivity index (χ1n) is 8.99. The predicted molar refractivity (Wildman–Crippen MR) is 105 cm³/mol. The molecule has 1 heterocycles. The van der Waals surface area contributed by atoms with Crippen LogP contribution in [0.4, 0.5) is 0 Å². The van der Waals surface area contributed by atoms with Gasteiger partial charge in [-0.25, -0.2) is 4.98 Å². The van der Waals surface area contributed by atoms with Gasteiger partial charge in [0, 0.05) is 29.9 Å². The first kappa shape index (κ1) is 21.1. The number of imidazole rings is 1. The number of nitrogens with one attached hydrogen (secondary N) is 1. The normalized spacial score (nSPS) is 13.5. The molecule has 0 aliphatic heterocycles. The van der Waals surface area contributed by atoms with Gasteiger partial charge in [-0.1, -0.05) is 37.6 Å². The molecule has 0 radical (unpaired) electrons. The van der Waals surface area contributed by atoms with Crippen molar-refractivity contribution in [2.24, 2.45) is 5.92 Å². The van der Waals surface area contributed by atoms with Gasteiger partial charge >= 0.3 is 5.97 Å². The van der Waals surface area contributed by atoms with Gasteiger partial charge in [-0.15, -0.1) is 0 Å². The maximum absolute atomic E-state index is 11.9. The van der Waals surface area contributed by atoms with Crippen molar-refractivity contribution in [1.29, 1.82) is 0 Å². The summed E-state index contributed by atoms with van der Waals surface area (Å²) in [6.45, 7) is 6.08. The molecule has 146 valence electrons. The molecule has 0 spiro atoms. The van der Waals surface area contributed by atoms with E-state index in [0.29, 0.717) is 18.0 Å². The highest BCUT2D eigenvalue weighted by Crippen LogP contribution is 2.14. The molecule has 2 aromatic rings. The lowest BCUT2D eigenvalue weighted by atomic mass is 9.99. The second kappa shape index (κ2) is 9.67. The molecule has 0 fully saturated rings. The van der Waals surface area contributed by atoms with Crippen LogP contribution in [0, 0.1) is 5.92 Å². The fourth-order valence-corrected chi connectivity index (χ4v) is 3.07. The molecule has 1 aromatic heterocycles. The zero-order valence-electron chi connectivity index (χ0n) is 15.9. The van der Waals surface area contributed by atoms with Crippen LogP contribution in [0.2, 0.25) is 5.02 Å². The minimum atomic E-state index is -0.982. The van der Waals surface area contributed by atoms with E-state index in [9.17, 15) is 14.7 Å². The summed E-state index contributed by atoms with van der Waals surface area (Å²) in [7, 11) is 0. The van der Waals surface area contributed by atoms with Gasteiger partial charge in [-0.2, -0.15) is 0 Å². The number of aromatic nitrogens is 2. The molecule has 2 N–H and O–H groups in total. The lowest BCUT2D eigenvalue weighted by Gasteiger charge is -2.23. The number of carboxylic acids is 1. The molecule has 0 saturated carbocycles. The summed E-state index contributed by atoms with van der Waals surface area (Å²) >= 11 is 5.92. The quantitative estimate of drug-likeness (QED) is 0.649. The first-order valence-corrected chi connectivity index (χ1v) is 9.36. The Morgan fingerprint density at radius 3 is 2.44 bits per heavy atom. The summed E-state index contributed by atoms with van der Waals surface area (Å²) in [6, 6.07) is 6.15. The SMILES string of the molecule is CC(=O)C(CC(C)C)N[C@@H](Cc1cncn1Cc1ccc(Cl)cc1)C(=O)O. The fraction of sp³-hybridized carbons (Fsp3) is 0.450. The summed E-state index contributed by atoms with van der Waals surface area (Å²) in [5.41, 5.74) is 1.83. The Kier molecular flexibility index (Phi) is 7.56. The number of carbonyl (C=O) groups excluding carboxylic acids is 1. The van der Waals surface area contributed by atoms with Crippen LogP contribution in [0.25, 0.3) is 0 Å². The number of rotatable bonds is 10. The van der Waals surface area contributed by atoms with Gasteiger partial charge in [0.25, 0.3) is 0 Å². The Hall–Kier alpha value is -2.18. The molecule has 0 amide bonds. The molecule has 0 aliphatic rings. The number of nitrogens with zero attached hydrogens (tertiary/aromatic N) is 2. The third-order valence-corrected chi connectivity index (χ3v) is 4.63. The van der Waals surface area contributed by atoms with Crippen molar-refractivity contribution in [2.45, 2.75) is 52.2 Å². The Labute approximate surface area is 164 Å². The van der Waals surface area contributed by atoms with Gasteiger partial charge < -0.3 is 9.67 Å². The molecule has 0 saturated heterocycles. The number of aliphatic carboxylic acids is 1. The van der Waals surface area contributed by atoms with Gasteiger partial charge in [0.1, 0.15) is 11.8 Å². The van der Waals surface area contributed by atoms with Crippen LogP contribution in [-0.2, 0) is 22.6 Å². The second-order valence-corrected chi connectivity index (χ2v) is 7.63. The van der Waals surface area contributed by atoms with E-state index in [1.165, 1.54) is 6.92 Å². The van der Waals surface area contributed by atoms with Crippen molar-refractivity contribution in [3.8, 4) is 0 Å². The molecule has 0 aliphatic carbocycles. The number of carbonyl (C=O) groups is 2. The standard InChI is InChI=1S/C20H26ClN3O3/c1-13(2)8-18(14(3)25)23-19(20(26)27)9-17-10-22-12-24(17)11-15-4-6-16(21)7-5-15/h4-7,10,12-13,18-19,23H,8-9,11H2,1-3H3,(H,26,27)/t18?,19-/m0/s1. The van der Waals surface area contributed by atoms with Crippen LogP contribution in [0.15, 0.2) is 36.8 Å². The largest absolute Gasteiger partial charge is 0.480 e. The topological polar surface area (TPSA) is 84.2 Å². The number of ketones is 1. The number of carboxylic acid groups (broad SMARTS) is 1. The smallest absolute Gasteiger partial charge is 0.321 e. The highest BCUT2D eigenvalue weighted by Gasteiger charge is 2.26. The van der Waals surface area contributed by atoms with Crippen LogP contribution in [-0.4, -0.2) is 38.5 Å². The number of hydrogen-bond donors (Lipinski definition) is 2. The first-order chi connectivity index (χ1) is 12.8. The summed E-state index contributed by atoms with van der Waals surface area (Å²) in [5.74, 6) is -0.745. The minimum Gasteiger partial charge on any atom is -0.480 e. The van der Waals surface area contributed by atoms with Crippen LogP contribution >= 0.6 is 11.6 Å². The van der Waals surface area contributed by atoms with Crippen LogP contribution in [0.5, 0.6) is 0 Å². The molecule has 6 nitrogen and oxygen atoms in total. The van der Waals surface area contributed by atoms with E-state index in [1.807, 2.05) is 42.7 Å². The Morgan fingerprint density at radius 1 is 1.22 bits per heavy atom. The molecular weight excluding hydrogens is 366 g/mol. The number of Topliss-reactive ketones (excluding diaryl/α,β-unsaturated/α-hetero) is 1. The summed E-state index contributed by atoms with van der Waals surface area (Å²) in [4.78, 5) is 27.8. The van der Waals surface area contributed by atoms with Gasteiger partial charge in [0.2, 0.25) is 0 Å². The molecule has 27 heavy (non-hydrogen) atoms. The van der Waals surface area contributed by atoms with Crippen molar-refractivity contribution in [2.75, 3.05) is 0 Å². The van der Waals surface area contributed by atoms with E-state index in [-0.39, 0.29) is 18.1 Å². The highest BCUT2D eigenvalue weighted by atomic mass is 35.5. The lowest BCUT2D eigenvalue weighted by molar-refractivity contribution is -0.139. The lowest BCUT2D eigenvalue weighted by Crippen LogP contribution is -2.48. The molecule has 2 atom stereocenters. The summed E-state index contributed by atoms with van der Waals surface area (Å²) in [5, 5.41) is 13.3. The zero-order valence-corrected chi connectivity index (χ0v) is 16.6. The van der Waals surface area contributed by atoms with E-state index in [1.54, 1.807) is 12.5 Å². The van der Waals surface area contributed by atoms with E-state index >= 15 is 0 Å². The summed E-state index contributed by atoms with van der Waals surface area (Å²) < 4.78 is 1.91. The molecular formula is C20H26ClN3O3. The fourth-order valence-electron chi connectivity index (χ4n) is 2.94. The third kappa shape index (κ3) is 6.48. The molecule has 1 unspecified atom stereocenters.